The Balaban J connectivity index is 1.30. The molecule has 30 heavy (non-hydrogen) atoms. The number of benzene rings is 3. The number of nitrogens with one attached hydrogen (secondary N) is 1. The lowest BCUT2D eigenvalue weighted by atomic mass is 9.98. The van der Waals surface area contributed by atoms with Gasteiger partial charge in [-0.2, -0.15) is 0 Å². The SMILES string of the molecule is O=C(NCCC#Cc1cc(O)ccc1F)OCC1c2ccccc2-c2ccccc21. The van der Waals surface area contributed by atoms with Crippen LogP contribution in [0.25, 0.3) is 11.1 Å². The normalized spacial score (nSPS) is 11.8. The molecule has 3 aromatic rings. The van der Waals surface area contributed by atoms with Gasteiger partial charge in [0.05, 0.1) is 5.56 Å². The van der Waals surface area contributed by atoms with Gasteiger partial charge in [-0.3, -0.25) is 0 Å². The Kier molecular flexibility index (Phi) is 5.67. The van der Waals surface area contributed by atoms with E-state index >= 15 is 0 Å². The molecule has 0 bridgehead atoms. The zero-order valence-corrected chi connectivity index (χ0v) is 16.2. The van der Waals surface area contributed by atoms with Gasteiger partial charge in [-0.15, -0.1) is 0 Å². The third-order valence-electron chi connectivity index (χ3n) is 5.04. The lowest BCUT2D eigenvalue weighted by Gasteiger charge is -2.14. The molecule has 0 spiro atoms. The molecule has 0 aliphatic heterocycles. The number of halogens is 1. The van der Waals surface area contributed by atoms with Crippen LogP contribution in [0.15, 0.2) is 66.7 Å². The van der Waals surface area contributed by atoms with Gasteiger partial charge in [-0.05, 0) is 40.5 Å². The van der Waals surface area contributed by atoms with Crippen LogP contribution in [-0.2, 0) is 4.74 Å². The second-order valence-corrected chi connectivity index (χ2v) is 6.97. The van der Waals surface area contributed by atoms with Gasteiger partial charge in [0, 0.05) is 18.9 Å². The largest absolute Gasteiger partial charge is 0.508 e. The molecule has 1 aliphatic rings. The molecule has 0 unspecified atom stereocenters. The van der Waals surface area contributed by atoms with Crippen LogP contribution in [0.3, 0.4) is 0 Å². The molecule has 0 heterocycles. The summed E-state index contributed by atoms with van der Waals surface area (Å²) in [5, 5.41) is 12.0. The van der Waals surface area contributed by atoms with Crippen molar-refractivity contribution in [2.75, 3.05) is 13.2 Å². The third-order valence-corrected chi connectivity index (χ3v) is 5.04. The Morgan fingerprint density at radius 1 is 1.03 bits per heavy atom. The molecule has 2 N–H and O–H groups in total. The summed E-state index contributed by atoms with van der Waals surface area (Å²) in [4.78, 5) is 12.1. The fourth-order valence-electron chi connectivity index (χ4n) is 3.64. The molecule has 0 atom stereocenters. The maximum absolute atomic E-state index is 13.6. The molecular formula is C25H20FNO3. The first kappa shape index (κ1) is 19.5. The number of rotatable bonds is 4. The number of alkyl carbamates (subject to hydrolysis) is 1. The van der Waals surface area contributed by atoms with Crippen molar-refractivity contribution in [2.24, 2.45) is 0 Å². The predicted molar refractivity (Wildman–Crippen MR) is 113 cm³/mol. The highest BCUT2D eigenvalue weighted by molar-refractivity contribution is 5.79. The summed E-state index contributed by atoms with van der Waals surface area (Å²) in [7, 11) is 0. The van der Waals surface area contributed by atoms with E-state index in [2.05, 4.69) is 41.4 Å². The Bertz CT molecular complexity index is 1100. The minimum atomic E-state index is -0.512. The summed E-state index contributed by atoms with van der Waals surface area (Å²) in [5.41, 5.74) is 4.79. The first-order chi connectivity index (χ1) is 14.6. The van der Waals surface area contributed by atoms with Crippen molar-refractivity contribution in [3.63, 3.8) is 0 Å². The van der Waals surface area contributed by atoms with Gasteiger partial charge in [-0.25, -0.2) is 9.18 Å². The van der Waals surface area contributed by atoms with Crippen LogP contribution in [0.4, 0.5) is 9.18 Å². The number of amides is 1. The van der Waals surface area contributed by atoms with Gasteiger partial charge in [0.25, 0.3) is 0 Å². The second-order valence-electron chi connectivity index (χ2n) is 6.97. The molecule has 0 saturated carbocycles. The summed E-state index contributed by atoms with van der Waals surface area (Å²) in [6.07, 6.45) is -0.179. The van der Waals surface area contributed by atoms with Crippen molar-refractivity contribution >= 4 is 6.09 Å². The highest BCUT2D eigenvalue weighted by atomic mass is 19.1. The average Bonchev–Trinajstić information content (AvgIpc) is 3.08. The topological polar surface area (TPSA) is 58.6 Å². The average molecular weight is 401 g/mol. The van der Waals surface area contributed by atoms with Gasteiger partial charge in [0.15, 0.2) is 0 Å². The second kappa shape index (κ2) is 8.71. The van der Waals surface area contributed by atoms with Crippen molar-refractivity contribution in [1.82, 2.24) is 5.32 Å². The van der Waals surface area contributed by atoms with Crippen LogP contribution in [-0.4, -0.2) is 24.4 Å². The number of phenolic OH excluding ortho intramolecular Hbond substituents is 1. The van der Waals surface area contributed by atoms with Crippen LogP contribution >= 0.6 is 0 Å². The lowest BCUT2D eigenvalue weighted by molar-refractivity contribution is 0.143. The first-order valence-electron chi connectivity index (χ1n) is 9.69. The monoisotopic (exact) mass is 401 g/mol. The van der Waals surface area contributed by atoms with Gasteiger partial charge >= 0.3 is 6.09 Å². The molecule has 0 radical (unpaired) electrons. The smallest absolute Gasteiger partial charge is 0.407 e. The number of hydrogen-bond donors (Lipinski definition) is 2. The van der Waals surface area contributed by atoms with Crippen molar-refractivity contribution in [3.05, 3.63) is 89.2 Å². The molecule has 1 amide bonds. The molecule has 3 aromatic carbocycles. The highest BCUT2D eigenvalue weighted by Crippen LogP contribution is 2.44. The number of phenols is 1. The van der Waals surface area contributed by atoms with E-state index in [0.29, 0.717) is 6.42 Å². The number of fused-ring (bicyclic) bond motifs is 3. The maximum Gasteiger partial charge on any atom is 0.407 e. The van der Waals surface area contributed by atoms with Crippen LogP contribution in [0.5, 0.6) is 5.75 Å². The Morgan fingerprint density at radius 3 is 2.40 bits per heavy atom. The molecule has 0 fully saturated rings. The predicted octanol–water partition coefficient (Wildman–Crippen LogP) is 4.81. The maximum atomic E-state index is 13.6. The Hall–Kier alpha value is -3.78. The molecule has 0 saturated heterocycles. The molecule has 4 nitrogen and oxygen atoms in total. The molecule has 5 heteroatoms. The van der Waals surface area contributed by atoms with E-state index in [1.165, 1.54) is 23.3 Å². The van der Waals surface area contributed by atoms with Crippen LogP contribution in [0.2, 0.25) is 0 Å². The lowest BCUT2D eigenvalue weighted by Crippen LogP contribution is -2.26. The quantitative estimate of drug-likeness (QED) is 0.487. The molecular weight excluding hydrogens is 381 g/mol. The summed E-state index contributed by atoms with van der Waals surface area (Å²) in [5.74, 6) is 4.90. The van der Waals surface area contributed by atoms with Crippen molar-refractivity contribution < 1.29 is 19.0 Å². The van der Waals surface area contributed by atoms with Crippen LogP contribution in [0, 0.1) is 17.7 Å². The standard InChI is InChI=1S/C25H20FNO3/c26-24-13-12-18(28)15-17(24)7-5-6-14-27-25(29)30-16-23-21-10-3-1-8-19(21)20-9-2-4-11-22(20)23/h1-4,8-13,15,23,28H,6,14,16H2,(H,27,29). The molecule has 0 aromatic heterocycles. The number of carbonyl (C=O) groups is 1. The van der Waals surface area contributed by atoms with E-state index in [1.807, 2.05) is 24.3 Å². The molecule has 4 rings (SSSR count). The van der Waals surface area contributed by atoms with Gasteiger partial charge in [0.1, 0.15) is 18.2 Å². The van der Waals surface area contributed by atoms with Crippen molar-refractivity contribution in [2.45, 2.75) is 12.3 Å². The highest BCUT2D eigenvalue weighted by Gasteiger charge is 2.28. The Labute approximate surface area is 174 Å². The zero-order chi connectivity index (χ0) is 20.9. The minimum absolute atomic E-state index is 0.0108. The van der Waals surface area contributed by atoms with E-state index < -0.39 is 11.9 Å². The van der Waals surface area contributed by atoms with Crippen LogP contribution in [0.1, 0.15) is 29.0 Å². The van der Waals surface area contributed by atoms with E-state index in [0.717, 1.165) is 17.2 Å². The van der Waals surface area contributed by atoms with E-state index in [4.69, 9.17) is 4.74 Å². The van der Waals surface area contributed by atoms with E-state index in [1.54, 1.807) is 0 Å². The van der Waals surface area contributed by atoms with Crippen molar-refractivity contribution in [3.8, 4) is 28.7 Å². The van der Waals surface area contributed by atoms with Crippen LogP contribution < -0.4 is 5.32 Å². The number of hydrogen-bond acceptors (Lipinski definition) is 3. The van der Waals surface area contributed by atoms with Gasteiger partial charge < -0.3 is 15.2 Å². The zero-order valence-electron chi connectivity index (χ0n) is 16.2. The van der Waals surface area contributed by atoms with Gasteiger partial charge in [-0.1, -0.05) is 60.4 Å². The molecule has 150 valence electrons. The fourth-order valence-corrected chi connectivity index (χ4v) is 3.64. The number of carbonyl (C=O) groups excluding carboxylic acids is 1. The Morgan fingerprint density at radius 2 is 1.70 bits per heavy atom. The third kappa shape index (κ3) is 4.13. The minimum Gasteiger partial charge on any atom is -0.508 e. The first-order valence-corrected chi connectivity index (χ1v) is 9.69. The summed E-state index contributed by atoms with van der Waals surface area (Å²) >= 11 is 0. The van der Waals surface area contributed by atoms with Crippen molar-refractivity contribution in [1.29, 1.82) is 0 Å². The summed E-state index contributed by atoms with van der Waals surface area (Å²) in [6.45, 7) is 0.532. The molecule has 1 aliphatic carbocycles. The summed E-state index contributed by atoms with van der Waals surface area (Å²) in [6, 6.07) is 20.0. The van der Waals surface area contributed by atoms with E-state index in [9.17, 15) is 14.3 Å². The number of aromatic hydroxyl groups is 1. The van der Waals surface area contributed by atoms with E-state index in [-0.39, 0.29) is 30.4 Å². The summed E-state index contributed by atoms with van der Waals surface area (Å²) < 4.78 is 19.0. The number of ether oxygens (including phenoxy) is 1. The van der Waals surface area contributed by atoms with Gasteiger partial charge in [0.2, 0.25) is 0 Å². The fraction of sp³-hybridized carbons (Fsp3) is 0.160.